The van der Waals surface area contributed by atoms with Crippen LogP contribution in [0.1, 0.15) is 0 Å². The molecule has 1 fully saturated rings. The van der Waals surface area contributed by atoms with E-state index in [0.717, 1.165) is 4.31 Å². The van der Waals surface area contributed by atoms with E-state index in [-0.39, 0.29) is 21.5 Å². The molecule has 5 nitrogen and oxygen atoms in total. The maximum absolute atomic E-state index is 12.6. The van der Waals surface area contributed by atoms with Crippen molar-refractivity contribution in [3.05, 3.63) is 28.2 Å². The van der Waals surface area contributed by atoms with Gasteiger partial charge in [0.25, 0.3) is 0 Å². The Labute approximate surface area is 131 Å². The first kappa shape index (κ1) is 15.9. The number of carbonyl (C=O) groups is 1. The summed E-state index contributed by atoms with van der Waals surface area (Å²) in [6.45, 7) is 0.233. The maximum Gasteiger partial charge on any atom is 0.334 e. The smallest absolute Gasteiger partial charge is 0.334 e. The quantitative estimate of drug-likeness (QED) is 0.778. The summed E-state index contributed by atoms with van der Waals surface area (Å²) >= 11 is 12.9. The largest absolute Gasteiger partial charge is 0.467 e. The number of hydrogen-bond donors (Lipinski definition) is 0. The lowest BCUT2D eigenvalue weighted by Gasteiger charge is -2.21. The van der Waals surface area contributed by atoms with E-state index in [2.05, 4.69) is 4.74 Å². The number of methoxy groups -OCH3 is 1. The highest BCUT2D eigenvalue weighted by Gasteiger charge is 2.41. The van der Waals surface area contributed by atoms with Gasteiger partial charge in [0.05, 0.1) is 12.0 Å². The van der Waals surface area contributed by atoms with Crippen molar-refractivity contribution < 1.29 is 17.9 Å². The number of ether oxygens (including phenoxy) is 1. The number of halogens is 2. The Balaban J connectivity index is 2.41. The highest BCUT2D eigenvalue weighted by atomic mass is 35.5. The number of rotatable bonds is 3. The number of carbonyl (C=O) groups excluding carboxylic acids is 1. The summed E-state index contributed by atoms with van der Waals surface area (Å²) in [5, 5.41) is -0.433. The minimum absolute atomic E-state index is 0.0357. The van der Waals surface area contributed by atoms with Gasteiger partial charge in [-0.3, -0.25) is 0 Å². The van der Waals surface area contributed by atoms with Crippen LogP contribution in [0.4, 0.5) is 0 Å². The maximum atomic E-state index is 12.6. The second-order valence-electron chi connectivity index (χ2n) is 3.97. The molecular formula is C11H11Cl2NO4S2. The highest BCUT2D eigenvalue weighted by Crippen LogP contribution is 2.32. The van der Waals surface area contributed by atoms with Gasteiger partial charge in [-0.25, -0.2) is 13.2 Å². The molecule has 1 aromatic carbocycles. The monoisotopic (exact) mass is 355 g/mol. The van der Waals surface area contributed by atoms with Gasteiger partial charge in [0.1, 0.15) is 0 Å². The van der Waals surface area contributed by atoms with E-state index in [9.17, 15) is 13.2 Å². The van der Waals surface area contributed by atoms with E-state index < -0.39 is 21.4 Å². The van der Waals surface area contributed by atoms with E-state index in [0.29, 0.717) is 5.75 Å². The lowest BCUT2D eigenvalue weighted by molar-refractivity contribution is -0.141. The van der Waals surface area contributed by atoms with Gasteiger partial charge in [0.15, 0.2) is 5.37 Å². The number of sulfonamides is 1. The Morgan fingerprint density at radius 2 is 1.95 bits per heavy atom. The number of hydrogen-bond acceptors (Lipinski definition) is 5. The number of benzene rings is 1. The molecule has 1 aliphatic rings. The predicted molar refractivity (Wildman–Crippen MR) is 78.6 cm³/mol. The van der Waals surface area contributed by atoms with Crippen LogP contribution >= 0.6 is 35.0 Å². The van der Waals surface area contributed by atoms with E-state index in [4.69, 9.17) is 23.2 Å². The van der Waals surface area contributed by atoms with Crippen LogP contribution in [0.3, 0.4) is 0 Å². The molecule has 110 valence electrons. The minimum atomic E-state index is -3.85. The molecule has 9 heteroatoms. The van der Waals surface area contributed by atoms with Crippen LogP contribution in [0.2, 0.25) is 10.0 Å². The van der Waals surface area contributed by atoms with Gasteiger partial charge in [-0.1, -0.05) is 23.2 Å². The molecule has 1 aromatic rings. The predicted octanol–water partition coefficient (Wildman–Crippen LogP) is 2.23. The summed E-state index contributed by atoms with van der Waals surface area (Å²) in [7, 11) is -2.62. The summed E-state index contributed by atoms with van der Waals surface area (Å²) in [4.78, 5) is 11.6. The van der Waals surface area contributed by atoms with E-state index >= 15 is 0 Å². The van der Waals surface area contributed by atoms with Crippen molar-refractivity contribution in [2.45, 2.75) is 10.3 Å². The molecule has 1 heterocycles. The van der Waals surface area contributed by atoms with Crippen LogP contribution in [0.25, 0.3) is 0 Å². The molecule has 1 unspecified atom stereocenters. The standard InChI is InChI=1S/C11H11Cl2NO4S2/c1-18-11(15)10-14(2-3-19-10)20(16,17)9-5-7(12)4-8(13)6-9/h4-6,10H,2-3H2,1H3. The molecule has 0 bridgehead atoms. The molecule has 1 atom stereocenters. The first-order chi connectivity index (χ1) is 9.36. The molecule has 1 saturated heterocycles. The van der Waals surface area contributed by atoms with Gasteiger partial charge in [-0.15, -0.1) is 11.8 Å². The summed E-state index contributed by atoms with van der Waals surface area (Å²) in [6.07, 6.45) is 0. The Hall–Kier alpha value is -0.470. The summed E-state index contributed by atoms with van der Waals surface area (Å²) in [5.41, 5.74) is 0. The molecule has 0 N–H and O–H groups in total. The van der Waals surface area contributed by atoms with E-state index in [1.165, 1.54) is 37.1 Å². The molecule has 0 saturated carbocycles. The Bertz CT molecular complexity index is 615. The normalized spacial score (nSPS) is 20.1. The SMILES string of the molecule is COC(=O)C1SCCN1S(=O)(=O)c1cc(Cl)cc(Cl)c1. The third kappa shape index (κ3) is 3.07. The van der Waals surface area contributed by atoms with Crippen molar-refractivity contribution in [3.8, 4) is 0 Å². The fourth-order valence-corrected chi connectivity index (χ4v) is 5.62. The first-order valence-corrected chi connectivity index (χ1v) is 8.78. The van der Waals surface area contributed by atoms with Crippen molar-refractivity contribution in [3.63, 3.8) is 0 Å². The average Bonchev–Trinajstić information content (AvgIpc) is 2.86. The van der Waals surface area contributed by atoms with Crippen LogP contribution in [0.15, 0.2) is 23.1 Å². The van der Waals surface area contributed by atoms with Crippen molar-refractivity contribution in [2.24, 2.45) is 0 Å². The fraction of sp³-hybridized carbons (Fsp3) is 0.364. The zero-order valence-corrected chi connectivity index (χ0v) is 13.5. The van der Waals surface area contributed by atoms with Gasteiger partial charge in [0.2, 0.25) is 10.0 Å². The van der Waals surface area contributed by atoms with Crippen LogP contribution in [0, 0.1) is 0 Å². The fourth-order valence-electron chi connectivity index (χ4n) is 1.80. The second-order valence-corrected chi connectivity index (χ2v) is 7.92. The molecule has 0 amide bonds. The lowest BCUT2D eigenvalue weighted by atomic mass is 10.4. The molecule has 0 radical (unpaired) electrons. The van der Waals surface area contributed by atoms with Gasteiger partial charge in [-0.05, 0) is 18.2 Å². The van der Waals surface area contributed by atoms with Gasteiger partial charge in [0, 0.05) is 22.3 Å². The summed E-state index contributed by atoms with van der Waals surface area (Å²) in [5.74, 6) is -0.0722. The van der Waals surface area contributed by atoms with Crippen molar-refractivity contribution >= 4 is 51.0 Å². The zero-order chi connectivity index (χ0) is 14.9. The van der Waals surface area contributed by atoms with Crippen LogP contribution in [0.5, 0.6) is 0 Å². The number of thioether (sulfide) groups is 1. The highest BCUT2D eigenvalue weighted by molar-refractivity contribution is 8.02. The van der Waals surface area contributed by atoms with E-state index in [1.54, 1.807) is 0 Å². The first-order valence-electron chi connectivity index (χ1n) is 5.53. The molecule has 0 aliphatic carbocycles. The third-order valence-electron chi connectivity index (χ3n) is 2.69. The molecule has 0 spiro atoms. The minimum Gasteiger partial charge on any atom is -0.467 e. The zero-order valence-electron chi connectivity index (χ0n) is 10.4. The molecule has 20 heavy (non-hydrogen) atoms. The van der Waals surface area contributed by atoms with Crippen LogP contribution in [-0.2, 0) is 19.6 Å². The van der Waals surface area contributed by atoms with Crippen LogP contribution in [-0.4, -0.2) is 43.5 Å². The van der Waals surface area contributed by atoms with Gasteiger partial charge < -0.3 is 4.74 Å². The lowest BCUT2D eigenvalue weighted by Crippen LogP contribution is -2.39. The summed E-state index contributed by atoms with van der Waals surface area (Å²) < 4.78 is 30.8. The second kappa shape index (κ2) is 6.11. The Morgan fingerprint density at radius 3 is 2.50 bits per heavy atom. The van der Waals surface area contributed by atoms with Crippen molar-refractivity contribution in [1.29, 1.82) is 0 Å². The van der Waals surface area contributed by atoms with Crippen LogP contribution < -0.4 is 0 Å². The molecule has 0 aromatic heterocycles. The number of nitrogens with zero attached hydrogens (tertiary/aromatic N) is 1. The average molecular weight is 356 g/mol. The molecule has 2 rings (SSSR count). The topological polar surface area (TPSA) is 63.7 Å². The van der Waals surface area contributed by atoms with Gasteiger partial charge >= 0.3 is 5.97 Å². The summed E-state index contributed by atoms with van der Waals surface area (Å²) in [6, 6.07) is 4.05. The van der Waals surface area contributed by atoms with Crippen molar-refractivity contribution in [2.75, 3.05) is 19.4 Å². The third-order valence-corrected chi connectivity index (χ3v) is 6.29. The Kier molecular flexibility index (Phi) is 4.86. The molecular weight excluding hydrogens is 345 g/mol. The van der Waals surface area contributed by atoms with Gasteiger partial charge in [-0.2, -0.15) is 4.31 Å². The molecule has 1 aliphatic heterocycles. The Morgan fingerprint density at radius 1 is 1.35 bits per heavy atom. The van der Waals surface area contributed by atoms with Crippen molar-refractivity contribution in [1.82, 2.24) is 4.31 Å². The number of esters is 1. The van der Waals surface area contributed by atoms with E-state index in [1.807, 2.05) is 0 Å².